The molecule has 0 amide bonds. The van der Waals surface area contributed by atoms with E-state index in [1.807, 2.05) is 12.1 Å². The largest absolute Gasteiger partial charge is 0.452 e. The van der Waals surface area contributed by atoms with Gasteiger partial charge in [0.25, 0.3) is 0 Å². The van der Waals surface area contributed by atoms with E-state index in [1.165, 1.54) is 0 Å². The summed E-state index contributed by atoms with van der Waals surface area (Å²) in [7, 11) is 0. The Balaban J connectivity index is 1.89. The summed E-state index contributed by atoms with van der Waals surface area (Å²) in [6.45, 7) is 4.98. The third-order valence-corrected chi connectivity index (χ3v) is 3.42. The van der Waals surface area contributed by atoms with Gasteiger partial charge in [0.15, 0.2) is 4.67 Å². The number of furan rings is 1. The van der Waals surface area contributed by atoms with Crippen LogP contribution in [-0.2, 0) is 13.0 Å². The van der Waals surface area contributed by atoms with Crippen LogP contribution >= 0.6 is 27.3 Å². The van der Waals surface area contributed by atoms with E-state index in [0.29, 0.717) is 12.5 Å². The predicted octanol–water partition coefficient (Wildman–Crippen LogP) is 3.70. The van der Waals surface area contributed by atoms with Crippen molar-refractivity contribution in [1.82, 2.24) is 10.2 Å². The van der Waals surface area contributed by atoms with Crippen molar-refractivity contribution >= 4 is 32.4 Å². The number of hydrogen-bond acceptors (Lipinski definition) is 5. The Labute approximate surface area is 113 Å². The maximum Gasteiger partial charge on any atom is 0.206 e. The average molecular weight is 316 g/mol. The molecule has 0 fully saturated rings. The van der Waals surface area contributed by atoms with Crippen LogP contribution in [0.2, 0.25) is 0 Å². The second-order valence-electron chi connectivity index (χ2n) is 4.16. The molecule has 6 heteroatoms. The second-order valence-corrected chi connectivity index (χ2v) is 6.00. The van der Waals surface area contributed by atoms with Gasteiger partial charge in [-0.1, -0.05) is 25.2 Å². The van der Waals surface area contributed by atoms with E-state index in [4.69, 9.17) is 4.42 Å². The highest BCUT2D eigenvalue weighted by Gasteiger charge is 2.06. The molecule has 0 bridgehead atoms. The van der Waals surface area contributed by atoms with Gasteiger partial charge in [0.1, 0.15) is 10.8 Å². The Morgan fingerprint density at radius 3 is 2.88 bits per heavy atom. The van der Waals surface area contributed by atoms with Gasteiger partial charge in [-0.05, 0) is 34.0 Å². The fourth-order valence-electron chi connectivity index (χ4n) is 1.37. The maximum absolute atomic E-state index is 5.39. The number of halogens is 1. The van der Waals surface area contributed by atoms with Crippen molar-refractivity contribution < 1.29 is 4.42 Å². The van der Waals surface area contributed by atoms with Crippen LogP contribution in [0.3, 0.4) is 0 Å². The molecule has 2 heterocycles. The molecule has 2 aromatic heterocycles. The molecule has 0 atom stereocenters. The molecule has 17 heavy (non-hydrogen) atoms. The van der Waals surface area contributed by atoms with Crippen molar-refractivity contribution in [3.05, 3.63) is 27.6 Å². The lowest BCUT2D eigenvalue weighted by molar-refractivity contribution is 0.495. The van der Waals surface area contributed by atoms with Gasteiger partial charge >= 0.3 is 0 Å². The first kappa shape index (κ1) is 12.6. The highest BCUT2D eigenvalue weighted by Crippen LogP contribution is 2.20. The number of anilines is 1. The monoisotopic (exact) mass is 315 g/mol. The van der Waals surface area contributed by atoms with E-state index in [-0.39, 0.29) is 0 Å². The van der Waals surface area contributed by atoms with Gasteiger partial charge in [0.2, 0.25) is 5.13 Å². The van der Waals surface area contributed by atoms with E-state index in [1.54, 1.807) is 11.3 Å². The Bertz CT molecular complexity index is 481. The van der Waals surface area contributed by atoms with Crippen molar-refractivity contribution in [3.63, 3.8) is 0 Å². The molecule has 92 valence electrons. The summed E-state index contributed by atoms with van der Waals surface area (Å²) < 4.78 is 6.13. The molecule has 0 saturated carbocycles. The predicted molar refractivity (Wildman–Crippen MR) is 72.2 cm³/mol. The molecule has 0 unspecified atom stereocenters. The highest BCUT2D eigenvalue weighted by molar-refractivity contribution is 9.10. The third kappa shape index (κ3) is 3.81. The molecular weight excluding hydrogens is 302 g/mol. The zero-order valence-corrected chi connectivity index (χ0v) is 12.1. The molecule has 0 aliphatic rings. The summed E-state index contributed by atoms with van der Waals surface area (Å²) in [4.78, 5) is 0. The summed E-state index contributed by atoms with van der Waals surface area (Å²) >= 11 is 4.87. The van der Waals surface area contributed by atoms with Crippen LogP contribution in [0.4, 0.5) is 5.13 Å². The summed E-state index contributed by atoms with van der Waals surface area (Å²) in [6.07, 6.45) is 0.978. The zero-order chi connectivity index (χ0) is 12.3. The first-order chi connectivity index (χ1) is 8.13. The van der Waals surface area contributed by atoms with E-state index in [0.717, 1.165) is 27.0 Å². The van der Waals surface area contributed by atoms with E-state index >= 15 is 0 Å². The quantitative estimate of drug-likeness (QED) is 0.914. The standard InChI is InChI=1S/C11H14BrN3OS/c1-7(2)5-10-14-15-11(17-10)13-6-8-3-4-9(12)16-8/h3-4,7H,5-6H2,1-2H3,(H,13,15). The minimum Gasteiger partial charge on any atom is -0.452 e. The minimum absolute atomic E-state index is 0.608. The summed E-state index contributed by atoms with van der Waals surface area (Å²) in [5.41, 5.74) is 0. The van der Waals surface area contributed by atoms with Gasteiger partial charge in [-0.3, -0.25) is 0 Å². The van der Waals surface area contributed by atoms with Gasteiger partial charge in [0, 0.05) is 6.42 Å². The summed E-state index contributed by atoms with van der Waals surface area (Å²) in [5, 5.41) is 13.3. The van der Waals surface area contributed by atoms with Crippen molar-refractivity contribution in [2.75, 3.05) is 5.32 Å². The molecule has 0 aliphatic heterocycles. The van der Waals surface area contributed by atoms with Crippen LogP contribution in [0.5, 0.6) is 0 Å². The average Bonchev–Trinajstić information content (AvgIpc) is 2.84. The molecule has 1 N–H and O–H groups in total. The third-order valence-electron chi connectivity index (χ3n) is 2.09. The molecule has 4 nitrogen and oxygen atoms in total. The smallest absolute Gasteiger partial charge is 0.206 e. The lowest BCUT2D eigenvalue weighted by Crippen LogP contribution is -1.97. The molecule has 0 spiro atoms. The van der Waals surface area contributed by atoms with E-state index < -0.39 is 0 Å². The number of hydrogen-bond donors (Lipinski definition) is 1. The van der Waals surface area contributed by atoms with Crippen molar-refractivity contribution in [3.8, 4) is 0 Å². The first-order valence-electron chi connectivity index (χ1n) is 5.44. The Kier molecular flexibility index (Phi) is 4.17. The highest BCUT2D eigenvalue weighted by atomic mass is 79.9. The Morgan fingerprint density at radius 2 is 2.24 bits per heavy atom. The first-order valence-corrected chi connectivity index (χ1v) is 7.05. The number of nitrogens with one attached hydrogen (secondary N) is 1. The molecule has 0 aliphatic carbocycles. The molecule has 0 saturated heterocycles. The SMILES string of the molecule is CC(C)Cc1nnc(NCc2ccc(Br)o2)s1. The van der Waals surface area contributed by atoms with E-state index in [9.17, 15) is 0 Å². The van der Waals surface area contributed by atoms with Crippen molar-refractivity contribution in [2.24, 2.45) is 5.92 Å². The fraction of sp³-hybridized carbons (Fsp3) is 0.455. The van der Waals surface area contributed by atoms with Crippen LogP contribution in [0, 0.1) is 5.92 Å². The summed E-state index contributed by atoms with van der Waals surface area (Å²) in [6, 6.07) is 3.80. The lowest BCUT2D eigenvalue weighted by Gasteiger charge is -1.98. The van der Waals surface area contributed by atoms with Gasteiger partial charge in [0.05, 0.1) is 6.54 Å². The minimum atomic E-state index is 0.608. The Morgan fingerprint density at radius 1 is 1.41 bits per heavy atom. The Hall–Kier alpha value is -0.880. The number of rotatable bonds is 5. The van der Waals surface area contributed by atoms with Crippen molar-refractivity contribution in [1.29, 1.82) is 0 Å². The fourth-order valence-corrected chi connectivity index (χ4v) is 2.65. The second kappa shape index (κ2) is 5.64. The van der Waals surface area contributed by atoms with Crippen LogP contribution in [0.15, 0.2) is 21.2 Å². The van der Waals surface area contributed by atoms with Crippen LogP contribution in [-0.4, -0.2) is 10.2 Å². The molecular formula is C11H14BrN3OS. The van der Waals surface area contributed by atoms with Crippen LogP contribution < -0.4 is 5.32 Å². The van der Waals surface area contributed by atoms with Crippen molar-refractivity contribution in [2.45, 2.75) is 26.8 Å². The maximum atomic E-state index is 5.39. The lowest BCUT2D eigenvalue weighted by atomic mass is 10.1. The van der Waals surface area contributed by atoms with Gasteiger partial charge in [-0.25, -0.2) is 0 Å². The topological polar surface area (TPSA) is 51.0 Å². The molecule has 0 aromatic carbocycles. The number of aromatic nitrogens is 2. The van der Waals surface area contributed by atoms with E-state index in [2.05, 4.69) is 45.3 Å². The normalized spacial score (nSPS) is 11.1. The van der Waals surface area contributed by atoms with Gasteiger partial charge in [-0.2, -0.15) is 0 Å². The van der Waals surface area contributed by atoms with Crippen LogP contribution in [0.1, 0.15) is 24.6 Å². The summed E-state index contributed by atoms with van der Waals surface area (Å²) in [5.74, 6) is 1.48. The van der Waals surface area contributed by atoms with Gasteiger partial charge in [-0.15, -0.1) is 10.2 Å². The van der Waals surface area contributed by atoms with Gasteiger partial charge < -0.3 is 9.73 Å². The van der Waals surface area contributed by atoms with Crippen LogP contribution in [0.25, 0.3) is 0 Å². The molecule has 2 rings (SSSR count). The molecule has 0 radical (unpaired) electrons. The number of nitrogens with zero attached hydrogens (tertiary/aromatic N) is 2. The molecule has 2 aromatic rings. The zero-order valence-electron chi connectivity index (χ0n) is 9.74.